The highest BCUT2D eigenvalue weighted by Crippen LogP contribution is 2.24. The van der Waals surface area contributed by atoms with Gasteiger partial charge in [0.2, 0.25) is 0 Å². The maximum Gasteiger partial charge on any atom is 0.340 e. The molecule has 0 radical (unpaired) electrons. The first-order valence-electron chi connectivity index (χ1n) is 5.98. The molecule has 0 amide bonds. The van der Waals surface area contributed by atoms with Crippen LogP contribution in [-0.2, 0) is 17.9 Å². The standard InChI is InChI=1S/C13H17NO3/c1-4-5-6-14-9(3)11-10(7-17-13(11)16)8(2)12(14)15/h4-7H2,1-3H3. The highest BCUT2D eigenvalue weighted by molar-refractivity contribution is 5.94. The van der Waals surface area contributed by atoms with Gasteiger partial charge in [-0.05, 0) is 20.3 Å². The summed E-state index contributed by atoms with van der Waals surface area (Å²) in [4.78, 5) is 23.8. The van der Waals surface area contributed by atoms with Crippen LogP contribution in [0.1, 0.15) is 46.9 Å². The Morgan fingerprint density at radius 2 is 2.00 bits per heavy atom. The molecule has 0 spiro atoms. The lowest BCUT2D eigenvalue weighted by atomic mass is 10.0. The van der Waals surface area contributed by atoms with Crippen LogP contribution in [0.4, 0.5) is 0 Å². The lowest BCUT2D eigenvalue weighted by molar-refractivity contribution is 0.0534. The van der Waals surface area contributed by atoms with Crippen LogP contribution in [0.3, 0.4) is 0 Å². The van der Waals surface area contributed by atoms with Gasteiger partial charge in [0.1, 0.15) is 6.61 Å². The van der Waals surface area contributed by atoms with Crippen molar-refractivity contribution in [3.63, 3.8) is 0 Å². The SMILES string of the molecule is CCCCn1c(C)c2c(c(C)c1=O)COC2=O. The van der Waals surface area contributed by atoms with Crippen molar-refractivity contribution < 1.29 is 9.53 Å². The zero-order chi connectivity index (χ0) is 12.6. The molecule has 0 fully saturated rings. The van der Waals surface area contributed by atoms with Crippen LogP contribution in [0.15, 0.2) is 4.79 Å². The summed E-state index contributed by atoms with van der Waals surface area (Å²) in [5, 5.41) is 0. The van der Waals surface area contributed by atoms with E-state index in [0.717, 1.165) is 24.1 Å². The first kappa shape index (κ1) is 11.9. The third kappa shape index (κ3) is 1.77. The Morgan fingerprint density at radius 1 is 1.29 bits per heavy atom. The number of rotatable bonds is 3. The Kier molecular flexibility index (Phi) is 3.05. The van der Waals surface area contributed by atoms with Gasteiger partial charge in [0, 0.05) is 23.4 Å². The van der Waals surface area contributed by atoms with Crippen LogP contribution in [0.25, 0.3) is 0 Å². The van der Waals surface area contributed by atoms with E-state index >= 15 is 0 Å². The highest BCUT2D eigenvalue weighted by atomic mass is 16.5. The zero-order valence-corrected chi connectivity index (χ0v) is 10.5. The van der Waals surface area contributed by atoms with Crippen molar-refractivity contribution in [2.45, 2.75) is 46.8 Å². The maximum atomic E-state index is 12.2. The van der Waals surface area contributed by atoms with E-state index in [4.69, 9.17) is 4.74 Å². The number of fused-ring (bicyclic) bond motifs is 1. The molecule has 1 aromatic heterocycles. The fraction of sp³-hybridized carbons (Fsp3) is 0.538. The van der Waals surface area contributed by atoms with E-state index in [9.17, 15) is 9.59 Å². The largest absolute Gasteiger partial charge is 0.457 e. The fourth-order valence-corrected chi connectivity index (χ4v) is 2.27. The van der Waals surface area contributed by atoms with Crippen molar-refractivity contribution in [2.75, 3.05) is 0 Å². The number of ether oxygens (including phenoxy) is 1. The van der Waals surface area contributed by atoms with Crippen molar-refractivity contribution in [3.8, 4) is 0 Å². The van der Waals surface area contributed by atoms with Crippen LogP contribution >= 0.6 is 0 Å². The molecule has 0 aliphatic carbocycles. The van der Waals surface area contributed by atoms with Crippen molar-refractivity contribution in [2.24, 2.45) is 0 Å². The quantitative estimate of drug-likeness (QED) is 0.752. The molecule has 4 nitrogen and oxygen atoms in total. The molecule has 0 saturated carbocycles. The summed E-state index contributed by atoms with van der Waals surface area (Å²) >= 11 is 0. The number of carbonyl (C=O) groups is 1. The number of nitrogens with zero attached hydrogens (tertiary/aromatic N) is 1. The Bertz CT molecular complexity index is 528. The van der Waals surface area contributed by atoms with E-state index in [-0.39, 0.29) is 18.1 Å². The number of hydrogen-bond donors (Lipinski definition) is 0. The molecule has 0 bridgehead atoms. The molecule has 4 heteroatoms. The average molecular weight is 235 g/mol. The van der Waals surface area contributed by atoms with Crippen LogP contribution in [-0.4, -0.2) is 10.5 Å². The van der Waals surface area contributed by atoms with Gasteiger partial charge in [-0.1, -0.05) is 13.3 Å². The predicted molar refractivity (Wildman–Crippen MR) is 64.2 cm³/mol. The average Bonchev–Trinajstić information content (AvgIpc) is 2.69. The minimum Gasteiger partial charge on any atom is -0.457 e. The molecular weight excluding hydrogens is 218 g/mol. The number of cyclic esters (lactones) is 1. The van der Waals surface area contributed by atoms with Gasteiger partial charge < -0.3 is 9.30 Å². The Morgan fingerprint density at radius 3 is 2.65 bits per heavy atom. The van der Waals surface area contributed by atoms with Crippen LogP contribution in [0, 0.1) is 13.8 Å². The number of aromatic nitrogens is 1. The number of esters is 1. The van der Waals surface area contributed by atoms with Crippen molar-refractivity contribution in [3.05, 3.63) is 32.7 Å². The molecule has 1 aliphatic heterocycles. The predicted octanol–water partition coefficient (Wildman–Crippen LogP) is 1.94. The molecular formula is C13H17NO3. The second-order valence-corrected chi connectivity index (χ2v) is 4.45. The first-order valence-corrected chi connectivity index (χ1v) is 5.98. The van der Waals surface area contributed by atoms with Gasteiger partial charge in [-0.15, -0.1) is 0 Å². The monoisotopic (exact) mass is 235 g/mol. The topological polar surface area (TPSA) is 48.3 Å². The smallest absolute Gasteiger partial charge is 0.340 e. The van der Waals surface area contributed by atoms with Crippen molar-refractivity contribution >= 4 is 5.97 Å². The van der Waals surface area contributed by atoms with E-state index in [2.05, 4.69) is 6.92 Å². The van der Waals surface area contributed by atoms with E-state index in [1.165, 1.54) is 0 Å². The van der Waals surface area contributed by atoms with E-state index in [1.54, 1.807) is 11.5 Å². The van der Waals surface area contributed by atoms with E-state index in [0.29, 0.717) is 17.7 Å². The molecule has 1 aromatic rings. The Labute approximate surface area is 100 Å². The van der Waals surface area contributed by atoms with Gasteiger partial charge in [-0.25, -0.2) is 4.79 Å². The van der Waals surface area contributed by atoms with Crippen molar-refractivity contribution in [1.82, 2.24) is 4.57 Å². The van der Waals surface area contributed by atoms with E-state index < -0.39 is 0 Å². The summed E-state index contributed by atoms with van der Waals surface area (Å²) in [6.45, 7) is 6.58. The molecule has 0 N–H and O–H groups in total. The lowest BCUT2D eigenvalue weighted by Gasteiger charge is -2.13. The van der Waals surface area contributed by atoms with Gasteiger partial charge in [0.15, 0.2) is 0 Å². The fourth-order valence-electron chi connectivity index (χ4n) is 2.27. The third-order valence-electron chi connectivity index (χ3n) is 3.37. The minimum absolute atomic E-state index is 0.00741. The molecule has 0 aromatic carbocycles. The van der Waals surface area contributed by atoms with Gasteiger partial charge in [-0.2, -0.15) is 0 Å². The summed E-state index contributed by atoms with van der Waals surface area (Å²) in [5.41, 5.74) is 2.76. The molecule has 2 rings (SSSR count). The molecule has 0 atom stereocenters. The number of pyridine rings is 1. The summed E-state index contributed by atoms with van der Waals surface area (Å²) in [7, 11) is 0. The molecule has 92 valence electrons. The Balaban J connectivity index is 2.62. The summed E-state index contributed by atoms with van der Waals surface area (Å²) in [6.07, 6.45) is 1.96. The van der Waals surface area contributed by atoms with Crippen LogP contribution < -0.4 is 5.56 Å². The molecule has 2 heterocycles. The first-order chi connectivity index (χ1) is 8.07. The van der Waals surface area contributed by atoms with Crippen LogP contribution in [0.2, 0.25) is 0 Å². The zero-order valence-electron chi connectivity index (χ0n) is 10.5. The lowest BCUT2D eigenvalue weighted by Crippen LogP contribution is -2.27. The molecule has 0 saturated heterocycles. The number of carbonyl (C=O) groups excluding carboxylic acids is 1. The second-order valence-electron chi connectivity index (χ2n) is 4.45. The van der Waals surface area contributed by atoms with Crippen molar-refractivity contribution in [1.29, 1.82) is 0 Å². The highest BCUT2D eigenvalue weighted by Gasteiger charge is 2.28. The normalized spacial score (nSPS) is 13.7. The van der Waals surface area contributed by atoms with Gasteiger partial charge in [-0.3, -0.25) is 4.79 Å². The molecule has 1 aliphatic rings. The summed E-state index contributed by atoms with van der Waals surface area (Å²) in [6, 6.07) is 0. The van der Waals surface area contributed by atoms with Crippen LogP contribution in [0.5, 0.6) is 0 Å². The van der Waals surface area contributed by atoms with Gasteiger partial charge >= 0.3 is 5.97 Å². The van der Waals surface area contributed by atoms with Gasteiger partial charge in [0.05, 0.1) is 5.56 Å². The van der Waals surface area contributed by atoms with E-state index in [1.807, 2.05) is 6.92 Å². The molecule has 17 heavy (non-hydrogen) atoms. The Hall–Kier alpha value is -1.58. The van der Waals surface area contributed by atoms with Gasteiger partial charge in [0.25, 0.3) is 5.56 Å². The number of hydrogen-bond acceptors (Lipinski definition) is 3. The maximum absolute atomic E-state index is 12.2. The minimum atomic E-state index is -0.300. The second kappa shape index (κ2) is 4.35. The molecule has 0 unspecified atom stereocenters. The third-order valence-corrected chi connectivity index (χ3v) is 3.37. The number of unbranched alkanes of at least 4 members (excludes halogenated alkanes) is 1. The summed E-state index contributed by atoms with van der Waals surface area (Å²) in [5.74, 6) is -0.300. The summed E-state index contributed by atoms with van der Waals surface area (Å²) < 4.78 is 6.71.